The highest BCUT2D eigenvalue weighted by molar-refractivity contribution is 9.10. The van der Waals surface area contributed by atoms with E-state index in [0.717, 1.165) is 5.56 Å². The summed E-state index contributed by atoms with van der Waals surface area (Å²) in [5.41, 5.74) is 8.21. The first-order chi connectivity index (χ1) is 10.5. The maximum absolute atomic E-state index is 13.6. The van der Waals surface area contributed by atoms with Gasteiger partial charge in [-0.05, 0) is 42.0 Å². The minimum absolute atomic E-state index is 0.135. The predicted molar refractivity (Wildman–Crippen MR) is 85.2 cm³/mol. The summed E-state index contributed by atoms with van der Waals surface area (Å²) in [4.78, 5) is 10.5. The normalized spacial score (nSPS) is 10.6. The van der Waals surface area contributed by atoms with Crippen LogP contribution in [0, 0.1) is 5.82 Å². The molecule has 0 bridgehead atoms. The summed E-state index contributed by atoms with van der Waals surface area (Å²) in [6, 6.07) is 11.0. The fourth-order valence-corrected chi connectivity index (χ4v) is 1.95. The van der Waals surface area contributed by atoms with Crippen LogP contribution >= 0.6 is 15.9 Å². The lowest BCUT2D eigenvalue weighted by Crippen LogP contribution is -2.24. The van der Waals surface area contributed by atoms with Crippen LogP contribution in [0.5, 0.6) is 5.75 Å². The summed E-state index contributed by atoms with van der Waals surface area (Å²) < 4.78 is 19.9. The van der Waals surface area contributed by atoms with Crippen molar-refractivity contribution < 1.29 is 13.9 Å². The molecular formula is C15H13BrFN3O2. The average Bonchev–Trinajstić information content (AvgIpc) is 2.47. The second-order valence-corrected chi connectivity index (χ2v) is 5.24. The lowest BCUT2D eigenvalue weighted by Gasteiger charge is -2.07. The third-order valence-electron chi connectivity index (χ3n) is 2.68. The molecule has 0 spiro atoms. The summed E-state index contributed by atoms with van der Waals surface area (Å²) in [7, 11) is 0. The number of carbonyl (C=O) groups excluding carboxylic acids is 1. The molecule has 0 saturated heterocycles. The van der Waals surface area contributed by atoms with Crippen LogP contribution in [-0.2, 0) is 6.61 Å². The van der Waals surface area contributed by atoms with Crippen molar-refractivity contribution in [2.24, 2.45) is 10.8 Å². The molecule has 2 amide bonds. The first-order valence-corrected chi connectivity index (χ1v) is 7.09. The Morgan fingerprint density at radius 2 is 2.05 bits per heavy atom. The molecule has 22 heavy (non-hydrogen) atoms. The van der Waals surface area contributed by atoms with Crippen molar-refractivity contribution in [3.05, 3.63) is 63.9 Å². The second-order valence-electron chi connectivity index (χ2n) is 4.33. The molecule has 0 aliphatic carbocycles. The highest BCUT2D eigenvalue weighted by Crippen LogP contribution is 2.18. The van der Waals surface area contributed by atoms with Crippen molar-refractivity contribution in [3.8, 4) is 5.75 Å². The Hall–Kier alpha value is -2.41. The number of benzene rings is 2. The van der Waals surface area contributed by atoms with Gasteiger partial charge in [0, 0.05) is 10.0 Å². The molecule has 0 atom stereocenters. The molecule has 2 rings (SSSR count). The summed E-state index contributed by atoms with van der Waals surface area (Å²) >= 11 is 3.20. The first kappa shape index (κ1) is 16.0. The lowest BCUT2D eigenvalue weighted by molar-refractivity contribution is 0.249. The first-order valence-electron chi connectivity index (χ1n) is 6.30. The molecule has 2 aromatic rings. The van der Waals surface area contributed by atoms with Gasteiger partial charge in [-0.2, -0.15) is 5.10 Å². The monoisotopic (exact) mass is 365 g/mol. The van der Waals surface area contributed by atoms with E-state index in [2.05, 4.69) is 26.5 Å². The van der Waals surface area contributed by atoms with E-state index in [1.54, 1.807) is 36.4 Å². The number of nitrogens with zero attached hydrogens (tertiary/aromatic N) is 1. The van der Waals surface area contributed by atoms with E-state index in [1.807, 2.05) is 0 Å². The summed E-state index contributed by atoms with van der Waals surface area (Å²) in [6.07, 6.45) is 1.45. The number of urea groups is 1. The number of hydrogen-bond acceptors (Lipinski definition) is 3. The standard InChI is InChI=1S/C15H13BrFN3O2/c16-12-4-3-11(14(17)7-12)9-22-13-5-1-10(2-6-13)8-19-20-15(18)21/h1-8H,9H2,(H3,18,20,21). The molecular weight excluding hydrogens is 353 g/mol. The number of nitrogens with one attached hydrogen (secondary N) is 1. The maximum Gasteiger partial charge on any atom is 0.332 e. The molecule has 0 fully saturated rings. The molecule has 7 heteroatoms. The van der Waals surface area contributed by atoms with Gasteiger partial charge >= 0.3 is 6.03 Å². The molecule has 3 N–H and O–H groups in total. The van der Waals surface area contributed by atoms with Gasteiger partial charge in [0.25, 0.3) is 0 Å². The van der Waals surface area contributed by atoms with Gasteiger partial charge < -0.3 is 10.5 Å². The Bertz CT molecular complexity index is 690. The number of halogens is 2. The van der Waals surface area contributed by atoms with Gasteiger partial charge in [-0.3, -0.25) is 0 Å². The van der Waals surface area contributed by atoms with E-state index in [0.29, 0.717) is 15.8 Å². The predicted octanol–water partition coefficient (Wildman–Crippen LogP) is 3.17. The lowest BCUT2D eigenvalue weighted by atomic mass is 10.2. The van der Waals surface area contributed by atoms with E-state index in [9.17, 15) is 9.18 Å². The zero-order chi connectivity index (χ0) is 15.9. The van der Waals surface area contributed by atoms with E-state index in [1.165, 1.54) is 12.3 Å². The zero-order valence-corrected chi connectivity index (χ0v) is 13.0. The number of carbonyl (C=O) groups is 1. The number of ether oxygens (including phenoxy) is 1. The molecule has 114 valence electrons. The topological polar surface area (TPSA) is 76.7 Å². The minimum Gasteiger partial charge on any atom is -0.489 e. The third-order valence-corrected chi connectivity index (χ3v) is 3.17. The summed E-state index contributed by atoms with van der Waals surface area (Å²) in [5, 5.41) is 3.64. The Morgan fingerprint density at radius 1 is 1.32 bits per heavy atom. The highest BCUT2D eigenvalue weighted by atomic mass is 79.9. The van der Waals surface area contributed by atoms with Crippen molar-refractivity contribution in [2.45, 2.75) is 6.61 Å². The van der Waals surface area contributed by atoms with E-state index in [4.69, 9.17) is 10.5 Å². The van der Waals surface area contributed by atoms with Crippen LogP contribution < -0.4 is 15.9 Å². The number of primary amides is 1. The van der Waals surface area contributed by atoms with Crippen LogP contribution in [0.3, 0.4) is 0 Å². The van der Waals surface area contributed by atoms with Crippen LogP contribution in [-0.4, -0.2) is 12.2 Å². The third kappa shape index (κ3) is 4.85. The van der Waals surface area contributed by atoms with E-state index >= 15 is 0 Å². The Morgan fingerprint density at radius 3 is 2.68 bits per heavy atom. The van der Waals surface area contributed by atoms with Gasteiger partial charge in [0.05, 0.1) is 6.21 Å². The van der Waals surface area contributed by atoms with Gasteiger partial charge in [0.1, 0.15) is 18.2 Å². The van der Waals surface area contributed by atoms with Crippen LogP contribution in [0.4, 0.5) is 9.18 Å². The summed E-state index contributed by atoms with van der Waals surface area (Å²) in [6.45, 7) is 0.135. The molecule has 0 aromatic heterocycles. The Balaban J connectivity index is 1.93. The molecule has 5 nitrogen and oxygen atoms in total. The molecule has 0 heterocycles. The fraction of sp³-hybridized carbons (Fsp3) is 0.0667. The van der Waals surface area contributed by atoms with Gasteiger partial charge in [0.15, 0.2) is 0 Å². The van der Waals surface area contributed by atoms with Crippen molar-refractivity contribution in [1.29, 1.82) is 0 Å². The quantitative estimate of drug-likeness (QED) is 0.630. The van der Waals surface area contributed by atoms with Crippen LogP contribution in [0.2, 0.25) is 0 Å². The van der Waals surface area contributed by atoms with Gasteiger partial charge in [-0.15, -0.1) is 0 Å². The van der Waals surface area contributed by atoms with Crippen molar-refractivity contribution >= 4 is 28.2 Å². The smallest absolute Gasteiger partial charge is 0.332 e. The van der Waals surface area contributed by atoms with Crippen LogP contribution in [0.1, 0.15) is 11.1 Å². The number of hydrazone groups is 1. The van der Waals surface area contributed by atoms with E-state index < -0.39 is 6.03 Å². The van der Waals surface area contributed by atoms with Crippen molar-refractivity contribution in [1.82, 2.24) is 5.43 Å². The Kier molecular flexibility index (Phi) is 5.48. The van der Waals surface area contributed by atoms with Gasteiger partial charge in [0.2, 0.25) is 0 Å². The Labute approximate surface area is 135 Å². The molecule has 0 saturated carbocycles. The zero-order valence-electron chi connectivity index (χ0n) is 11.4. The maximum atomic E-state index is 13.6. The van der Waals surface area contributed by atoms with Crippen LogP contribution in [0.15, 0.2) is 52.0 Å². The molecule has 2 aromatic carbocycles. The van der Waals surface area contributed by atoms with Gasteiger partial charge in [-0.1, -0.05) is 22.0 Å². The molecule has 0 unspecified atom stereocenters. The van der Waals surface area contributed by atoms with Crippen LogP contribution in [0.25, 0.3) is 0 Å². The van der Waals surface area contributed by atoms with Crippen molar-refractivity contribution in [2.75, 3.05) is 0 Å². The van der Waals surface area contributed by atoms with Gasteiger partial charge in [-0.25, -0.2) is 14.6 Å². The number of nitrogens with two attached hydrogens (primary N) is 1. The average molecular weight is 366 g/mol. The highest BCUT2D eigenvalue weighted by Gasteiger charge is 2.03. The number of hydrogen-bond donors (Lipinski definition) is 2. The largest absolute Gasteiger partial charge is 0.489 e. The summed E-state index contributed by atoms with van der Waals surface area (Å²) in [5.74, 6) is 0.276. The molecule has 0 aliphatic heterocycles. The van der Waals surface area contributed by atoms with E-state index in [-0.39, 0.29) is 12.4 Å². The molecule has 0 aliphatic rings. The number of amides is 2. The second kappa shape index (κ2) is 7.56. The fourth-order valence-electron chi connectivity index (χ4n) is 1.62. The van der Waals surface area contributed by atoms with Crippen molar-refractivity contribution in [3.63, 3.8) is 0 Å². The number of rotatable bonds is 5. The minimum atomic E-state index is -0.729. The molecule has 0 radical (unpaired) electrons. The SMILES string of the molecule is NC(=O)NN=Cc1ccc(OCc2ccc(Br)cc2F)cc1.